The lowest BCUT2D eigenvalue weighted by Crippen LogP contribution is -2.04. The maximum absolute atomic E-state index is 10.1. The second-order valence-corrected chi connectivity index (χ2v) is 2.93. The van der Waals surface area contributed by atoms with Crippen molar-refractivity contribution in [1.29, 1.82) is 0 Å². The lowest BCUT2D eigenvalue weighted by Gasteiger charge is -2.03. The van der Waals surface area contributed by atoms with Crippen LogP contribution < -0.4 is 0 Å². The zero-order valence-corrected chi connectivity index (χ0v) is 7.51. The third kappa shape index (κ3) is 2.70. The summed E-state index contributed by atoms with van der Waals surface area (Å²) in [4.78, 5) is 9.70. The molecule has 0 fully saturated rings. The number of nitro groups is 1. The van der Waals surface area contributed by atoms with Gasteiger partial charge in [-0.05, 0) is 17.7 Å². The van der Waals surface area contributed by atoms with E-state index in [1.54, 1.807) is 12.1 Å². The number of aromatic hydroxyl groups is 1. The Bertz CT molecular complexity index is 338. The van der Waals surface area contributed by atoms with Crippen LogP contribution >= 0.6 is 0 Å². The highest BCUT2D eigenvalue weighted by atomic mass is 16.6. The normalized spacial score (nSPS) is 10.1. The molecule has 0 heterocycles. The molecule has 0 aliphatic rings. The van der Waals surface area contributed by atoms with Crippen molar-refractivity contribution in [3.05, 3.63) is 39.4 Å². The number of hydrogen-bond donors (Lipinski definition) is 2. The summed E-state index contributed by atoms with van der Waals surface area (Å²) in [5.74, 6) is 0.0114. The van der Waals surface area contributed by atoms with Gasteiger partial charge in [0.25, 0.3) is 0 Å². The Morgan fingerprint density at radius 2 is 2.14 bits per heavy atom. The summed E-state index contributed by atoms with van der Waals surface area (Å²) < 4.78 is 0. The zero-order valence-electron chi connectivity index (χ0n) is 7.51. The largest absolute Gasteiger partial charge is 0.508 e. The first-order chi connectivity index (χ1) is 6.63. The van der Waals surface area contributed by atoms with E-state index in [1.165, 1.54) is 6.07 Å². The van der Waals surface area contributed by atoms with Crippen molar-refractivity contribution in [2.75, 3.05) is 6.54 Å². The lowest BCUT2D eigenvalue weighted by molar-refractivity contribution is -0.479. The molecule has 0 unspecified atom stereocenters. The molecular weight excluding hydrogens is 186 g/mol. The Morgan fingerprint density at radius 3 is 2.71 bits per heavy atom. The Labute approximate surface area is 80.8 Å². The molecule has 0 bridgehead atoms. The highest BCUT2D eigenvalue weighted by Crippen LogP contribution is 2.18. The molecule has 5 heteroatoms. The van der Waals surface area contributed by atoms with Crippen molar-refractivity contribution in [2.24, 2.45) is 0 Å². The Kier molecular flexibility index (Phi) is 3.41. The van der Waals surface area contributed by atoms with Crippen LogP contribution in [0.1, 0.15) is 11.1 Å². The van der Waals surface area contributed by atoms with Crippen molar-refractivity contribution >= 4 is 0 Å². The molecule has 76 valence electrons. The van der Waals surface area contributed by atoms with Crippen LogP contribution in [0.15, 0.2) is 18.2 Å². The minimum atomic E-state index is -0.397. The van der Waals surface area contributed by atoms with Gasteiger partial charge in [-0.25, -0.2) is 0 Å². The standard InChI is InChI=1S/C9H11NO4/c11-6-8-5-7(1-2-9(8)12)3-4-10(13)14/h1-2,5,11-12H,3-4,6H2. The Morgan fingerprint density at radius 1 is 1.43 bits per heavy atom. The van der Waals surface area contributed by atoms with Gasteiger partial charge in [0.1, 0.15) is 5.75 Å². The molecular formula is C9H11NO4. The number of aliphatic hydroxyl groups is 1. The van der Waals surface area contributed by atoms with Crippen molar-refractivity contribution in [1.82, 2.24) is 0 Å². The van der Waals surface area contributed by atoms with E-state index in [4.69, 9.17) is 5.11 Å². The van der Waals surface area contributed by atoms with Crippen LogP contribution in [0.4, 0.5) is 0 Å². The van der Waals surface area contributed by atoms with Gasteiger partial charge in [-0.1, -0.05) is 6.07 Å². The number of phenols is 1. The van der Waals surface area contributed by atoms with E-state index in [0.29, 0.717) is 12.0 Å². The molecule has 0 aliphatic heterocycles. The molecule has 0 spiro atoms. The van der Waals surface area contributed by atoms with Gasteiger partial charge < -0.3 is 10.2 Å². The highest BCUT2D eigenvalue weighted by molar-refractivity contribution is 5.35. The first kappa shape index (κ1) is 10.5. The molecule has 0 saturated heterocycles. The van der Waals surface area contributed by atoms with Crippen molar-refractivity contribution < 1.29 is 15.1 Å². The van der Waals surface area contributed by atoms with Crippen LogP contribution in [0.3, 0.4) is 0 Å². The minimum Gasteiger partial charge on any atom is -0.508 e. The molecule has 1 rings (SSSR count). The Balaban J connectivity index is 2.74. The zero-order chi connectivity index (χ0) is 10.6. The summed E-state index contributed by atoms with van der Waals surface area (Å²) in [5, 5.41) is 28.1. The first-order valence-electron chi connectivity index (χ1n) is 4.17. The fraction of sp³-hybridized carbons (Fsp3) is 0.333. The van der Waals surface area contributed by atoms with Crippen molar-refractivity contribution in [2.45, 2.75) is 13.0 Å². The molecule has 0 aliphatic carbocycles. The molecule has 0 radical (unpaired) electrons. The van der Waals surface area contributed by atoms with Gasteiger partial charge in [0.2, 0.25) is 6.54 Å². The monoisotopic (exact) mass is 197 g/mol. The summed E-state index contributed by atoms with van der Waals surface area (Å²) in [6.07, 6.45) is 0.306. The molecule has 0 atom stereocenters. The van der Waals surface area contributed by atoms with Gasteiger partial charge in [-0.2, -0.15) is 0 Å². The molecule has 14 heavy (non-hydrogen) atoms. The van der Waals surface area contributed by atoms with Crippen LogP contribution in [-0.4, -0.2) is 21.7 Å². The van der Waals surface area contributed by atoms with Crippen LogP contribution in [0, 0.1) is 10.1 Å². The summed E-state index contributed by atoms with van der Waals surface area (Å²) in [7, 11) is 0. The number of aliphatic hydroxyl groups excluding tert-OH is 1. The first-order valence-corrected chi connectivity index (χ1v) is 4.17. The van der Waals surface area contributed by atoms with Crippen LogP contribution in [0.5, 0.6) is 5.75 Å². The van der Waals surface area contributed by atoms with E-state index in [0.717, 1.165) is 5.56 Å². The van der Waals surface area contributed by atoms with Crippen molar-refractivity contribution in [3.63, 3.8) is 0 Å². The van der Waals surface area contributed by atoms with E-state index >= 15 is 0 Å². The molecule has 5 nitrogen and oxygen atoms in total. The third-order valence-electron chi connectivity index (χ3n) is 1.90. The molecule has 0 amide bonds. The van der Waals surface area contributed by atoms with Gasteiger partial charge >= 0.3 is 0 Å². The van der Waals surface area contributed by atoms with E-state index < -0.39 is 4.92 Å². The van der Waals surface area contributed by atoms with Gasteiger partial charge in [-0.3, -0.25) is 10.1 Å². The van der Waals surface area contributed by atoms with E-state index in [9.17, 15) is 15.2 Å². The Hall–Kier alpha value is -1.62. The van der Waals surface area contributed by atoms with Gasteiger partial charge in [-0.15, -0.1) is 0 Å². The van der Waals surface area contributed by atoms with E-state index in [1.807, 2.05) is 0 Å². The van der Waals surface area contributed by atoms with Crippen LogP contribution in [0.25, 0.3) is 0 Å². The second-order valence-electron chi connectivity index (χ2n) is 2.93. The van der Waals surface area contributed by atoms with Crippen LogP contribution in [0.2, 0.25) is 0 Å². The highest BCUT2D eigenvalue weighted by Gasteiger charge is 2.04. The molecule has 1 aromatic carbocycles. The number of benzene rings is 1. The summed E-state index contributed by atoms with van der Waals surface area (Å²) in [6.45, 7) is -0.409. The maximum atomic E-state index is 10.1. The fourth-order valence-electron chi connectivity index (χ4n) is 1.14. The predicted octanol–water partition coefficient (Wildman–Crippen LogP) is 0.704. The van der Waals surface area contributed by atoms with Gasteiger partial charge in [0, 0.05) is 16.9 Å². The predicted molar refractivity (Wildman–Crippen MR) is 49.6 cm³/mol. The molecule has 1 aromatic rings. The van der Waals surface area contributed by atoms with Gasteiger partial charge in [0.05, 0.1) is 6.61 Å². The van der Waals surface area contributed by atoms with Gasteiger partial charge in [0.15, 0.2) is 0 Å². The summed E-state index contributed by atoms with van der Waals surface area (Å²) in [6, 6.07) is 4.61. The SMILES string of the molecule is O=[N+]([O-])CCc1ccc(O)c(CO)c1. The molecule has 0 saturated carbocycles. The summed E-state index contributed by atoms with van der Waals surface area (Å²) in [5.41, 5.74) is 1.13. The maximum Gasteiger partial charge on any atom is 0.207 e. The second kappa shape index (κ2) is 4.57. The third-order valence-corrected chi connectivity index (χ3v) is 1.90. The minimum absolute atomic E-state index is 0.0114. The average molecular weight is 197 g/mol. The quantitative estimate of drug-likeness (QED) is 0.549. The summed E-state index contributed by atoms with van der Waals surface area (Å²) >= 11 is 0. The van der Waals surface area contributed by atoms with E-state index in [2.05, 4.69) is 0 Å². The number of nitrogens with zero attached hydrogens (tertiary/aromatic N) is 1. The molecule has 0 aromatic heterocycles. The topological polar surface area (TPSA) is 83.6 Å². The average Bonchev–Trinajstić information content (AvgIpc) is 2.16. The van der Waals surface area contributed by atoms with E-state index in [-0.39, 0.29) is 18.9 Å². The fourth-order valence-corrected chi connectivity index (χ4v) is 1.14. The smallest absolute Gasteiger partial charge is 0.207 e. The number of rotatable bonds is 4. The molecule has 2 N–H and O–H groups in total. The van der Waals surface area contributed by atoms with Crippen LogP contribution in [-0.2, 0) is 13.0 Å². The van der Waals surface area contributed by atoms with Crippen molar-refractivity contribution in [3.8, 4) is 5.75 Å². The lowest BCUT2D eigenvalue weighted by atomic mass is 10.1. The number of hydrogen-bond acceptors (Lipinski definition) is 4.